The Kier molecular flexibility index (Phi) is 6.78. The molecule has 4 nitrogen and oxygen atoms in total. The second-order valence-corrected chi connectivity index (χ2v) is 9.18. The quantitative estimate of drug-likeness (QED) is 0.761. The first kappa shape index (κ1) is 19.6. The van der Waals surface area contributed by atoms with Gasteiger partial charge in [0.05, 0.1) is 4.88 Å². The van der Waals surface area contributed by atoms with Crippen LogP contribution in [-0.4, -0.2) is 59.9 Å². The molecule has 2 aromatic rings. The molecule has 1 aromatic carbocycles. The second-order valence-electron chi connectivity index (χ2n) is 8.01. The van der Waals surface area contributed by atoms with Crippen molar-refractivity contribution in [3.63, 3.8) is 0 Å². The molecule has 150 valence electrons. The van der Waals surface area contributed by atoms with Crippen LogP contribution in [0.4, 0.5) is 0 Å². The molecule has 2 aliphatic rings. The van der Waals surface area contributed by atoms with E-state index in [2.05, 4.69) is 46.2 Å². The highest BCUT2D eigenvalue weighted by molar-refractivity contribution is 7.14. The van der Waals surface area contributed by atoms with Crippen molar-refractivity contribution in [2.45, 2.75) is 38.8 Å². The summed E-state index contributed by atoms with van der Waals surface area (Å²) in [7, 11) is 0. The molecule has 0 saturated carbocycles. The number of likely N-dealkylation sites (tertiary alicyclic amines) is 1. The summed E-state index contributed by atoms with van der Waals surface area (Å²) in [4.78, 5) is 22.2. The van der Waals surface area contributed by atoms with E-state index in [1.54, 1.807) is 11.3 Å². The number of piperazine rings is 1. The molecule has 5 heteroatoms. The van der Waals surface area contributed by atoms with Crippen molar-refractivity contribution in [3.8, 4) is 0 Å². The Morgan fingerprint density at radius 1 is 0.750 bits per heavy atom. The van der Waals surface area contributed by atoms with Crippen LogP contribution in [-0.2, 0) is 13.1 Å². The molecule has 0 bridgehead atoms. The average Bonchev–Trinajstić information content (AvgIpc) is 3.04. The fourth-order valence-electron chi connectivity index (χ4n) is 4.20. The van der Waals surface area contributed by atoms with Crippen LogP contribution in [0, 0.1) is 0 Å². The molecule has 0 N–H and O–H groups in total. The lowest BCUT2D eigenvalue weighted by atomic mass is 10.2. The third kappa shape index (κ3) is 5.22. The van der Waals surface area contributed by atoms with Gasteiger partial charge in [-0.05, 0) is 43.6 Å². The summed E-state index contributed by atoms with van der Waals surface area (Å²) >= 11 is 1.69. The van der Waals surface area contributed by atoms with Crippen molar-refractivity contribution in [2.75, 3.05) is 39.3 Å². The first-order valence-corrected chi connectivity index (χ1v) is 11.5. The molecule has 4 rings (SSSR count). The zero-order chi connectivity index (χ0) is 19.2. The Hall–Kier alpha value is -1.69. The van der Waals surface area contributed by atoms with E-state index in [4.69, 9.17) is 0 Å². The second kappa shape index (κ2) is 9.68. The van der Waals surface area contributed by atoms with Gasteiger partial charge in [-0.15, -0.1) is 11.3 Å². The van der Waals surface area contributed by atoms with Crippen molar-refractivity contribution in [1.82, 2.24) is 14.7 Å². The molecule has 0 radical (unpaired) electrons. The number of nitrogens with zero attached hydrogens (tertiary/aromatic N) is 3. The van der Waals surface area contributed by atoms with Gasteiger partial charge in [0.1, 0.15) is 0 Å². The average molecular weight is 398 g/mol. The molecular formula is C23H31N3OS. The normalized spacial score (nSPS) is 19.5. The summed E-state index contributed by atoms with van der Waals surface area (Å²) in [5.74, 6) is 0.214. The number of benzene rings is 1. The highest BCUT2D eigenvalue weighted by Crippen LogP contribution is 2.22. The van der Waals surface area contributed by atoms with Crippen LogP contribution >= 0.6 is 11.3 Å². The van der Waals surface area contributed by atoms with Crippen LogP contribution in [0.1, 0.15) is 45.8 Å². The van der Waals surface area contributed by atoms with E-state index in [1.165, 1.54) is 49.2 Å². The lowest BCUT2D eigenvalue weighted by Crippen LogP contribution is -2.48. The molecule has 0 atom stereocenters. The Balaban J connectivity index is 1.27. The van der Waals surface area contributed by atoms with E-state index in [9.17, 15) is 4.79 Å². The molecule has 1 amide bonds. The predicted octanol–water partition coefficient (Wildman–Crippen LogP) is 4.08. The summed E-state index contributed by atoms with van der Waals surface area (Å²) in [6.07, 6.45) is 5.34. The van der Waals surface area contributed by atoms with E-state index in [-0.39, 0.29) is 5.91 Å². The molecule has 1 aromatic heterocycles. The fraction of sp³-hybridized carbons (Fsp3) is 0.522. The van der Waals surface area contributed by atoms with Crippen LogP contribution in [0.5, 0.6) is 0 Å². The third-order valence-corrected chi connectivity index (χ3v) is 6.92. The Bertz CT molecular complexity index is 744. The Morgan fingerprint density at radius 2 is 1.43 bits per heavy atom. The van der Waals surface area contributed by atoms with E-state index >= 15 is 0 Å². The van der Waals surface area contributed by atoms with Gasteiger partial charge in [0.2, 0.25) is 0 Å². The van der Waals surface area contributed by atoms with E-state index in [0.717, 1.165) is 44.1 Å². The van der Waals surface area contributed by atoms with E-state index in [0.29, 0.717) is 0 Å². The minimum atomic E-state index is 0.214. The zero-order valence-corrected chi connectivity index (χ0v) is 17.5. The topological polar surface area (TPSA) is 26.8 Å². The van der Waals surface area contributed by atoms with Gasteiger partial charge >= 0.3 is 0 Å². The maximum absolute atomic E-state index is 12.9. The molecule has 3 heterocycles. The minimum Gasteiger partial charge on any atom is -0.335 e. The zero-order valence-electron chi connectivity index (χ0n) is 16.7. The molecule has 0 unspecified atom stereocenters. The number of carbonyl (C=O) groups excluding carboxylic acids is 1. The number of hydrogen-bond acceptors (Lipinski definition) is 4. The van der Waals surface area contributed by atoms with Crippen LogP contribution in [0.15, 0.2) is 42.5 Å². The van der Waals surface area contributed by atoms with Gasteiger partial charge in [0.25, 0.3) is 5.91 Å². The van der Waals surface area contributed by atoms with Gasteiger partial charge in [-0.2, -0.15) is 0 Å². The standard InChI is InChI=1S/C23H31N3OS/c27-23(22-11-10-21(28-22)19-24-12-6-1-2-7-13-24)26-16-14-25(15-17-26)18-20-8-4-3-5-9-20/h3-5,8-11H,1-2,6-7,12-19H2. The van der Waals surface area contributed by atoms with Gasteiger partial charge in [-0.25, -0.2) is 0 Å². The third-order valence-electron chi connectivity index (χ3n) is 5.86. The highest BCUT2D eigenvalue weighted by atomic mass is 32.1. The van der Waals surface area contributed by atoms with Gasteiger partial charge < -0.3 is 4.90 Å². The number of thiophene rings is 1. The van der Waals surface area contributed by atoms with E-state index < -0.39 is 0 Å². The predicted molar refractivity (Wildman–Crippen MR) is 116 cm³/mol. The molecule has 2 saturated heterocycles. The first-order valence-electron chi connectivity index (χ1n) is 10.6. The summed E-state index contributed by atoms with van der Waals surface area (Å²) in [5, 5.41) is 0. The van der Waals surface area contributed by atoms with Crippen LogP contribution in [0.25, 0.3) is 0 Å². The summed E-state index contributed by atoms with van der Waals surface area (Å²) in [5.41, 5.74) is 1.35. The number of amides is 1. The van der Waals surface area contributed by atoms with Gasteiger partial charge in [-0.1, -0.05) is 43.2 Å². The summed E-state index contributed by atoms with van der Waals surface area (Å²) in [6, 6.07) is 14.8. The van der Waals surface area contributed by atoms with Crippen molar-refractivity contribution >= 4 is 17.2 Å². The number of rotatable bonds is 5. The van der Waals surface area contributed by atoms with Crippen molar-refractivity contribution in [2.24, 2.45) is 0 Å². The van der Waals surface area contributed by atoms with Crippen LogP contribution in [0.3, 0.4) is 0 Å². The number of carbonyl (C=O) groups is 1. The SMILES string of the molecule is O=C(c1ccc(CN2CCCCCC2)s1)N1CCN(Cc2ccccc2)CC1. The maximum Gasteiger partial charge on any atom is 0.264 e. The monoisotopic (exact) mass is 397 g/mol. The Labute approximate surface area is 172 Å². The minimum absolute atomic E-state index is 0.214. The van der Waals surface area contributed by atoms with Crippen molar-refractivity contribution in [1.29, 1.82) is 0 Å². The maximum atomic E-state index is 12.9. The Morgan fingerprint density at radius 3 is 2.14 bits per heavy atom. The van der Waals surface area contributed by atoms with Crippen molar-refractivity contribution < 1.29 is 4.79 Å². The highest BCUT2D eigenvalue weighted by Gasteiger charge is 2.23. The van der Waals surface area contributed by atoms with Crippen LogP contribution in [0.2, 0.25) is 0 Å². The fourth-order valence-corrected chi connectivity index (χ4v) is 5.22. The summed E-state index contributed by atoms with van der Waals surface area (Å²) in [6.45, 7) is 7.93. The van der Waals surface area contributed by atoms with Gasteiger partial charge in [0, 0.05) is 44.1 Å². The number of hydrogen-bond donors (Lipinski definition) is 0. The first-order chi connectivity index (χ1) is 13.8. The molecule has 28 heavy (non-hydrogen) atoms. The van der Waals surface area contributed by atoms with Crippen molar-refractivity contribution in [3.05, 3.63) is 57.8 Å². The molecule has 2 aliphatic heterocycles. The molecular weight excluding hydrogens is 366 g/mol. The van der Waals surface area contributed by atoms with Gasteiger partial charge in [-0.3, -0.25) is 14.6 Å². The molecule has 2 fully saturated rings. The van der Waals surface area contributed by atoms with Gasteiger partial charge in [0.15, 0.2) is 0 Å². The lowest BCUT2D eigenvalue weighted by Gasteiger charge is -2.34. The summed E-state index contributed by atoms with van der Waals surface area (Å²) < 4.78 is 0. The lowest BCUT2D eigenvalue weighted by molar-refractivity contribution is 0.0633. The van der Waals surface area contributed by atoms with E-state index in [1.807, 2.05) is 11.0 Å². The largest absolute Gasteiger partial charge is 0.335 e. The molecule has 0 spiro atoms. The smallest absolute Gasteiger partial charge is 0.264 e. The molecule has 0 aliphatic carbocycles. The van der Waals surface area contributed by atoms with Crippen LogP contribution < -0.4 is 0 Å².